The van der Waals surface area contributed by atoms with Crippen molar-refractivity contribution in [2.75, 3.05) is 6.61 Å². The molecule has 0 unspecified atom stereocenters. The van der Waals surface area contributed by atoms with Gasteiger partial charge in [0.15, 0.2) is 9.76 Å². The van der Waals surface area contributed by atoms with Crippen LogP contribution in [-0.2, 0) is 4.43 Å². The molecule has 0 aliphatic carbocycles. The highest BCUT2D eigenvalue weighted by atomic mass is 28.2. The van der Waals surface area contributed by atoms with Crippen molar-refractivity contribution in [3.8, 4) is 0 Å². The average Bonchev–Trinajstić information content (AvgIpc) is 2.47. The van der Waals surface area contributed by atoms with Crippen LogP contribution in [0, 0.1) is 0 Å². The third-order valence-corrected chi connectivity index (χ3v) is 5.58. The maximum Gasteiger partial charge on any atom is 0.161 e. The summed E-state index contributed by atoms with van der Waals surface area (Å²) in [7, 11) is -0.150. The summed E-state index contributed by atoms with van der Waals surface area (Å²) >= 11 is 0. The van der Waals surface area contributed by atoms with Crippen LogP contribution in [0.2, 0.25) is 6.04 Å². The van der Waals surface area contributed by atoms with Gasteiger partial charge in [0.1, 0.15) is 0 Å². The van der Waals surface area contributed by atoms with Crippen LogP contribution in [0.15, 0.2) is 0 Å². The van der Waals surface area contributed by atoms with Crippen LogP contribution >= 0.6 is 0 Å². The first kappa shape index (κ1) is 20.2. The van der Waals surface area contributed by atoms with Crippen LogP contribution in [0.4, 0.5) is 0 Å². The second-order valence-corrected chi connectivity index (χ2v) is 7.67. The predicted octanol–water partition coefficient (Wildman–Crippen LogP) is 6.01. The molecule has 0 saturated heterocycles. The van der Waals surface area contributed by atoms with Crippen molar-refractivity contribution in [3.05, 3.63) is 0 Å². The summed E-state index contributed by atoms with van der Waals surface area (Å²) in [6.45, 7) is 5.34. The quantitative estimate of drug-likeness (QED) is 0.236. The fourth-order valence-corrected chi connectivity index (χ4v) is 3.77. The molecule has 2 heteroatoms. The molecule has 0 heterocycles. The predicted molar refractivity (Wildman–Crippen MR) is 95.3 cm³/mol. The van der Waals surface area contributed by atoms with E-state index in [0.717, 1.165) is 6.61 Å². The summed E-state index contributed by atoms with van der Waals surface area (Å²) < 4.78 is 5.49. The maximum absolute atomic E-state index is 5.49. The lowest BCUT2D eigenvalue weighted by Crippen LogP contribution is -1.96. The summed E-state index contributed by atoms with van der Waals surface area (Å²) in [5.74, 6) is 0. The Kier molecular flexibility index (Phi) is 19.3. The minimum atomic E-state index is -0.150. The maximum atomic E-state index is 5.49. The Morgan fingerprint density at radius 1 is 0.550 bits per heavy atom. The number of rotatable bonds is 17. The van der Waals surface area contributed by atoms with Gasteiger partial charge in [0.05, 0.1) is 0 Å². The zero-order valence-corrected chi connectivity index (χ0v) is 15.8. The largest absolute Gasteiger partial charge is 0.424 e. The van der Waals surface area contributed by atoms with Crippen molar-refractivity contribution >= 4 is 9.76 Å². The first-order valence-corrected chi connectivity index (χ1v) is 11.1. The van der Waals surface area contributed by atoms with Crippen LogP contribution in [0.3, 0.4) is 0 Å². The molecule has 20 heavy (non-hydrogen) atoms. The molecule has 0 fully saturated rings. The highest BCUT2D eigenvalue weighted by Gasteiger charge is 1.94. The van der Waals surface area contributed by atoms with E-state index in [1.54, 1.807) is 0 Å². The van der Waals surface area contributed by atoms with E-state index in [-0.39, 0.29) is 9.76 Å². The first-order chi connectivity index (χ1) is 9.91. The van der Waals surface area contributed by atoms with E-state index in [1.165, 1.54) is 95.9 Å². The summed E-state index contributed by atoms with van der Waals surface area (Å²) in [5, 5.41) is 0. The zero-order chi connectivity index (χ0) is 14.7. The van der Waals surface area contributed by atoms with Gasteiger partial charge in [0.25, 0.3) is 0 Å². The Bertz CT molecular complexity index is 143. The van der Waals surface area contributed by atoms with Crippen molar-refractivity contribution in [3.63, 3.8) is 0 Å². The monoisotopic (exact) mass is 300 g/mol. The third kappa shape index (κ3) is 18.2. The molecule has 0 amide bonds. The van der Waals surface area contributed by atoms with Gasteiger partial charge >= 0.3 is 0 Å². The third-order valence-electron chi connectivity index (χ3n) is 4.10. The second kappa shape index (κ2) is 19.2. The van der Waals surface area contributed by atoms with Crippen molar-refractivity contribution < 1.29 is 4.43 Å². The van der Waals surface area contributed by atoms with E-state index in [2.05, 4.69) is 13.8 Å². The molecule has 122 valence electrons. The summed E-state index contributed by atoms with van der Waals surface area (Å²) in [4.78, 5) is 0. The van der Waals surface area contributed by atoms with Gasteiger partial charge in [-0.05, 0) is 13.0 Å². The fraction of sp³-hybridized carbons (Fsp3) is 1.00. The molecule has 0 saturated carbocycles. The Balaban J connectivity index is 2.89. The van der Waals surface area contributed by atoms with Gasteiger partial charge in [-0.25, -0.2) is 0 Å². The Labute approximate surface area is 131 Å². The molecule has 0 spiro atoms. The molecule has 0 rings (SSSR count). The average molecular weight is 301 g/mol. The van der Waals surface area contributed by atoms with E-state index in [4.69, 9.17) is 4.43 Å². The van der Waals surface area contributed by atoms with E-state index < -0.39 is 0 Å². The van der Waals surface area contributed by atoms with Gasteiger partial charge in [-0.2, -0.15) is 0 Å². The molecule has 0 radical (unpaired) electrons. The van der Waals surface area contributed by atoms with Gasteiger partial charge in [-0.1, -0.05) is 96.8 Å². The van der Waals surface area contributed by atoms with E-state index >= 15 is 0 Å². The van der Waals surface area contributed by atoms with Crippen molar-refractivity contribution in [2.45, 2.75) is 110 Å². The van der Waals surface area contributed by atoms with Gasteiger partial charge in [-0.15, -0.1) is 0 Å². The van der Waals surface area contributed by atoms with Crippen LogP contribution < -0.4 is 0 Å². The summed E-state index contributed by atoms with van der Waals surface area (Å²) in [5.41, 5.74) is 0. The van der Waals surface area contributed by atoms with E-state index in [1.807, 2.05) is 0 Å². The molecule has 0 aromatic rings. The number of hydrogen-bond acceptors (Lipinski definition) is 1. The molecular weight excluding hydrogens is 260 g/mol. The molecular formula is C18H40OSi. The minimum Gasteiger partial charge on any atom is -0.424 e. The van der Waals surface area contributed by atoms with Crippen molar-refractivity contribution in [1.82, 2.24) is 0 Å². The summed E-state index contributed by atoms with van der Waals surface area (Å²) in [6.07, 6.45) is 20.4. The van der Waals surface area contributed by atoms with Crippen molar-refractivity contribution in [2.24, 2.45) is 0 Å². The van der Waals surface area contributed by atoms with Crippen LogP contribution in [0.1, 0.15) is 104 Å². The smallest absolute Gasteiger partial charge is 0.161 e. The molecule has 0 aromatic carbocycles. The van der Waals surface area contributed by atoms with Crippen LogP contribution in [-0.4, -0.2) is 16.4 Å². The topological polar surface area (TPSA) is 9.23 Å². The highest BCUT2D eigenvalue weighted by Crippen LogP contribution is 2.13. The van der Waals surface area contributed by atoms with E-state index in [0.29, 0.717) is 0 Å². The van der Waals surface area contributed by atoms with E-state index in [9.17, 15) is 0 Å². The molecule has 0 bridgehead atoms. The van der Waals surface area contributed by atoms with Gasteiger partial charge in [0, 0.05) is 6.61 Å². The number of unbranched alkanes of at least 4 members (excludes halogenated alkanes) is 13. The molecule has 0 atom stereocenters. The minimum absolute atomic E-state index is 0.150. The fourth-order valence-electron chi connectivity index (χ4n) is 2.72. The SMILES string of the molecule is CCCCCCCCCCCCCCCC[SiH2]OCC. The molecule has 0 aliphatic heterocycles. The van der Waals surface area contributed by atoms with Crippen molar-refractivity contribution in [1.29, 1.82) is 0 Å². The lowest BCUT2D eigenvalue weighted by atomic mass is 10.0. The first-order valence-electron chi connectivity index (χ1n) is 9.49. The Morgan fingerprint density at radius 3 is 1.35 bits per heavy atom. The van der Waals surface area contributed by atoms with Gasteiger partial charge in [0.2, 0.25) is 0 Å². The normalized spacial score (nSPS) is 11.7. The molecule has 0 aliphatic rings. The molecule has 0 N–H and O–H groups in total. The van der Waals surface area contributed by atoms with Gasteiger partial charge in [-0.3, -0.25) is 0 Å². The molecule has 0 aromatic heterocycles. The lowest BCUT2D eigenvalue weighted by Gasteiger charge is -2.03. The van der Waals surface area contributed by atoms with Crippen LogP contribution in [0.5, 0.6) is 0 Å². The number of hydrogen-bond donors (Lipinski definition) is 0. The lowest BCUT2D eigenvalue weighted by molar-refractivity contribution is 0.358. The Morgan fingerprint density at radius 2 is 0.950 bits per heavy atom. The van der Waals surface area contributed by atoms with Gasteiger partial charge < -0.3 is 4.43 Å². The molecule has 1 nitrogen and oxygen atoms in total. The van der Waals surface area contributed by atoms with Crippen LogP contribution in [0.25, 0.3) is 0 Å². The second-order valence-electron chi connectivity index (χ2n) is 6.15. The summed E-state index contributed by atoms with van der Waals surface area (Å²) in [6, 6.07) is 1.39. The zero-order valence-electron chi connectivity index (χ0n) is 14.4. The Hall–Kier alpha value is 0.177. The highest BCUT2D eigenvalue weighted by molar-refractivity contribution is 6.26. The standard InChI is InChI=1S/C18H40OSi/c1-3-5-6-7-8-9-10-11-12-13-14-15-16-17-18-20-19-4-2/h3-18,20H2,1-2H3.